The summed E-state index contributed by atoms with van der Waals surface area (Å²) in [6, 6.07) is 5.83. The fourth-order valence-electron chi connectivity index (χ4n) is 1.05. The fourth-order valence-corrected chi connectivity index (χ4v) is 1.05. The zero-order valence-corrected chi connectivity index (χ0v) is 8.83. The molecule has 0 bridgehead atoms. The van der Waals surface area contributed by atoms with Crippen molar-refractivity contribution in [3.63, 3.8) is 0 Å². The van der Waals surface area contributed by atoms with Gasteiger partial charge in [-0.25, -0.2) is 4.39 Å². The van der Waals surface area contributed by atoms with Crippen LogP contribution in [0.5, 0.6) is 5.75 Å². The lowest BCUT2D eigenvalue weighted by atomic mass is 10.2. The van der Waals surface area contributed by atoms with E-state index in [1.54, 1.807) is 0 Å². The summed E-state index contributed by atoms with van der Waals surface area (Å²) in [5, 5.41) is 8.74. The van der Waals surface area contributed by atoms with Gasteiger partial charge in [0, 0.05) is 6.54 Å². The topological polar surface area (TPSA) is 36.3 Å². The Morgan fingerprint density at radius 3 is 2.80 bits per heavy atom. The summed E-state index contributed by atoms with van der Waals surface area (Å²) in [5.74, 6) is 0.00672. The Labute approximate surface area is 88.7 Å². The number of ether oxygens (including phenoxy) is 1. The van der Waals surface area contributed by atoms with Gasteiger partial charge in [-0.15, -0.1) is 0 Å². The van der Waals surface area contributed by atoms with E-state index < -0.39 is 5.82 Å². The van der Waals surface area contributed by atoms with Crippen LogP contribution in [-0.2, 0) is 0 Å². The number of likely N-dealkylation sites (N-methyl/N-ethyl adjacent to an activating group) is 1. The Balaban J connectivity index is 2.65. The maximum Gasteiger partial charge on any atom is 0.137 e. The maximum absolute atomic E-state index is 12.8. The standard InChI is InChI=1S/C11H13FN2O/c1-14(2)5-6-15-11-4-3-10(12)7-9(11)8-13/h3-4,7H,5-6H2,1-2H3. The highest BCUT2D eigenvalue weighted by Crippen LogP contribution is 2.18. The van der Waals surface area contributed by atoms with E-state index >= 15 is 0 Å². The number of hydrogen-bond donors (Lipinski definition) is 0. The molecule has 3 nitrogen and oxygen atoms in total. The summed E-state index contributed by atoms with van der Waals surface area (Å²) >= 11 is 0. The summed E-state index contributed by atoms with van der Waals surface area (Å²) in [6.45, 7) is 1.23. The van der Waals surface area contributed by atoms with Gasteiger partial charge in [0.05, 0.1) is 5.56 Å². The van der Waals surface area contributed by atoms with Crippen LogP contribution in [0.15, 0.2) is 18.2 Å². The Bertz CT molecular complexity index is 371. The van der Waals surface area contributed by atoms with Crippen molar-refractivity contribution in [3.8, 4) is 11.8 Å². The molecule has 0 atom stereocenters. The van der Waals surface area contributed by atoms with Gasteiger partial charge in [-0.1, -0.05) is 0 Å². The van der Waals surface area contributed by atoms with Gasteiger partial charge in [-0.3, -0.25) is 0 Å². The minimum Gasteiger partial charge on any atom is -0.491 e. The summed E-state index contributed by atoms with van der Waals surface area (Å²) in [7, 11) is 3.86. The number of nitrogens with zero attached hydrogens (tertiary/aromatic N) is 2. The van der Waals surface area contributed by atoms with Gasteiger partial charge in [0.15, 0.2) is 0 Å². The second-order valence-corrected chi connectivity index (χ2v) is 3.40. The molecule has 0 N–H and O–H groups in total. The van der Waals surface area contributed by atoms with E-state index in [1.165, 1.54) is 18.2 Å². The first-order chi connectivity index (χ1) is 7.13. The predicted molar refractivity (Wildman–Crippen MR) is 55.2 cm³/mol. The van der Waals surface area contributed by atoms with Gasteiger partial charge in [0.25, 0.3) is 0 Å². The number of hydrogen-bond acceptors (Lipinski definition) is 3. The normalized spacial score (nSPS) is 10.1. The average molecular weight is 208 g/mol. The van der Waals surface area contributed by atoms with Gasteiger partial charge in [-0.05, 0) is 32.3 Å². The van der Waals surface area contributed by atoms with E-state index in [2.05, 4.69) is 0 Å². The Morgan fingerprint density at radius 1 is 1.47 bits per heavy atom. The van der Waals surface area contributed by atoms with Crippen LogP contribution in [0.4, 0.5) is 4.39 Å². The van der Waals surface area contributed by atoms with Gasteiger partial charge < -0.3 is 9.64 Å². The van der Waals surface area contributed by atoms with Crippen LogP contribution in [0.3, 0.4) is 0 Å². The summed E-state index contributed by atoms with van der Waals surface area (Å²) in [6.07, 6.45) is 0. The van der Waals surface area contributed by atoms with Crippen LogP contribution in [-0.4, -0.2) is 32.1 Å². The molecule has 0 aliphatic carbocycles. The van der Waals surface area contributed by atoms with Crippen LogP contribution >= 0.6 is 0 Å². The number of benzene rings is 1. The number of rotatable bonds is 4. The van der Waals surface area contributed by atoms with Crippen LogP contribution < -0.4 is 4.74 Å². The highest BCUT2D eigenvalue weighted by Gasteiger charge is 2.04. The molecule has 80 valence electrons. The van der Waals surface area contributed by atoms with Crippen molar-refractivity contribution in [1.82, 2.24) is 4.90 Å². The zero-order valence-electron chi connectivity index (χ0n) is 8.83. The fraction of sp³-hybridized carbons (Fsp3) is 0.364. The Hall–Kier alpha value is -1.60. The monoisotopic (exact) mass is 208 g/mol. The van der Waals surface area contributed by atoms with E-state index in [4.69, 9.17) is 10.00 Å². The maximum atomic E-state index is 12.8. The summed E-state index contributed by atoms with van der Waals surface area (Å²) in [4.78, 5) is 1.97. The minimum absolute atomic E-state index is 0.230. The molecule has 0 saturated heterocycles. The highest BCUT2D eigenvalue weighted by atomic mass is 19.1. The highest BCUT2D eigenvalue weighted by molar-refractivity contribution is 5.42. The number of halogens is 1. The van der Waals surface area contributed by atoms with Crippen LogP contribution in [0, 0.1) is 17.1 Å². The molecule has 15 heavy (non-hydrogen) atoms. The summed E-state index contributed by atoms with van der Waals surface area (Å²) < 4.78 is 18.1. The van der Waals surface area contributed by atoms with Crippen molar-refractivity contribution in [1.29, 1.82) is 5.26 Å². The molecule has 1 aromatic rings. The third kappa shape index (κ3) is 3.56. The molecule has 0 amide bonds. The molecule has 1 aromatic carbocycles. The molecular formula is C11H13FN2O. The SMILES string of the molecule is CN(C)CCOc1ccc(F)cc1C#N. The largest absolute Gasteiger partial charge is 0.491 e. The van der Waals surface area contributed by atoms with E-state index in [0.717, 1.165) is 6.54 Å². The molecule has 0 aliphatic rings. The minimum atomic E-state index is -0.425. The van der Waals surface area contributed by atoms with Crippen molar-refractivity contribution in [2.24, 2.45) is 0 Å². The molecule has 1 rings (SSSR count). The smallest absolute Gasteiger partial charge is 0.137 e. The van der Waals surface area contributed by atoms with Crippen LogP contribution in [0.25, 0.3) is 0 Å². The lowest BCUT2D eigenvalue weighted by molar-refractivity contribution is 0.260. The van der Waals surface area contributed by atoms with Gasteiger partial charge in [0.2, 0.25) is 0 Å². The van der Waals surface area contributed by atoms with E-state index in [0.29, 0.717) is 12.4 Å². The van der Waals surface area contributed by atoms with Crippen molar-refractivity contribution in [2.75, 3.05) is 27.2 Å². The van der Waals surface area contributed by atoms with Crippen LogP contribution in [0.2, 0.25) is 0 Å². The van der Waals surface area contributed by atoms with Gasteiger partial charge in [0.1, 0.15) is 24.2 Å². The third-order valence-electron chi connectivity index (χ3n) is 1.86. The zero-order chi connectivity index (χ0) is 11.3. The van der Waals surface area contributed by atoms with E-state index in [-0.39, 0.29) is 5.56 Å². The molecule has 0 spiro atoms. The van der Waals surface area contributed by atoms with Crippen molar-refractivity contribution in [3.05, 3.63) is 29.6 Å². The second kappa shape index (κ2) is 5.32. The molecule has 0 radical (unpaired) electrons. The molecular weight excluding hydrogens is 195 g/mol. The first-order valence-corrected chi connectivity index (χ1v) is 4.60. The molecule has 0 saturated carbocycles. The predicted octanol–water partition coefficient (Wildman–Crippen LogP) is 1.64. The van der Waals surface area contributed by atoms with Crippen molar-refractivity contribution < 1.29 is 9.13 Å². The summed E-state index contributed by atoms with van der Waals surface area (Å²) in [5.41, 5.74) is 0.230. The molecule has 0 fully saturated rings. The first kappa shape index (κ1) is 11.5. The number of nitriles is 1. The van der Waals surface area contributed by atoms with Crippen LogP contribution in [0.1, 0.15) is 5.56 Å². The van der Waals surface area contributed by atoms with E-state index in [1.807, 2.05) is 25.1 Å². The lowest BCUT2D eigenvalue weighted by Crippen LogP contribution is -2.19. The van der Waals surface area contributed by atoms with Crippen molar-refractivity contribution in [2.45, 2.75) is 0 Å². The van der Waals surface area contributed by atoms with E-state index in [9.17, 15) is 4.39 Å². The quantitative estimate of drug-likeness (QED) is 0.754. The molecule has 0 heterocycles. The average Bonchev–Trinajstić information content (AvgIpc) is 2.19. The molecule has 0 aromatic heterocycles. The lowest BCUT2D eigenvalue weighted by Gasteiger charge is -2.11. The molecule has 0 unspecified atom stereocenters. The van der Waals surface area contributed by atoms with Gasteiger partial charge in [-0.2, -0.15) is 5.26 Å². The Morgan fingerprint density at radius 2 is 2.20 bits per heavy atom. The first-order valence-electron chi connectivity index (χ1n) is 4.60. The third-order valence-corrected chi connectivity index (χ3v) is 1.86. The Kier molecular flexibility index (Phi) is 4.07. The second-order valence-electron chi connectivity index (χ2n) is 3.40. The molecule has 4 heteroatoms. The van der Waals surface area contributed by atoms with Crippen molar-refractivity contribution >= 4 is 0 Å². The van der Waals surface area contributed by atoms with Gasteiger partial charge >= 0.3 is 0 Å². The molecule has 0 aliphatic heterocycles.